The van der Waals surface area contributed by atoms with E-state index < -0.39 is 5.63 Å². The molecule has 2 aromatic heterocycles. The smallest absolute Gasteiger partial charge is 0.342 e. The lowest BCUT2D eigenvalue weighted by atomic mass is 10.1. The minimum Gasteiger partial charge on any atom is -0.422 e. The number of fused-ring (bicyclic) bond motifs is 2. The summed E-state index contributed by atoms with van der Waals surface area (Å²) in [5, 5.41) is 1.04. The topological polar surface area (TPSA) is 105 Å². The number of hydrogen-bond acceptors (Lipinski definition) is 6. The molecule has 0 aliphatic carbocycles. The van der Waals surface area contributed by atoms with Gasteiger partial charge in [-0.25, -0.2) is 9.78 Å². The third kappa shape index (κ3) is 3.85. The second kappa shape index (κ2) is 8.20. The molecule has 0 saturated carbocycles. The Morgan fingerprint density at radius 3 is 2.75 bits per heavy atom. The van der Waals surface area contributed by atoms with Gasteiger partial charge in [-0.2, -0.15) is 0 Å². The summed E-state index contributed by atoms with van der Waals surface area (Å²) in [6.45, 7) is 1.28. The van der Waals surface area contributed by atoms with Crippen molar-refractivity contribution in [3.63, 3.8) is 0 Å². The lowest BCUT2D eigenvalue weighted by Gasteiger charge is -2.27. The number of nitrogen functional groups attached to an aromatic ring is 1. The van der Waals surface area contributed by atoms with E-state index >= 15 is 0 Å². The fourth-order valence-corrected chi connectivity index (χ4v) is 4.57. The molecular weight excluding hydrogens is 496 g/mol. The fraction of sp³-hybridized carbons (Fsp3) is 0.174. The first-order chi connectivity index (χ1) is 15.4. The zero-order valence-electron chi connectivity index (χ0n) is 16.8. The molecule has 1 aliphatic rings. The molecule has 2 aromatic carbocycles. The number of aromatic amines is 1. The molecule has 0 fully saturated rings. The van der Waals surface area contributed by atoms with Gasteiger partial charge in [-0.3, -0.25) is 9.69 Å². The molecule has 3 N–H and O–H groups in total. The number of hydrogen-bond donors (Lipinski definition) is 2. The molecule has 7 nitrogen and oxygen atoms in total. The third-order valence-corrected chi connectivity index (χ3v) is 6.53. The molecule has 0 atom stereocenters. The van der Waals surface area contributed by atoms with Crippen molar-refractivity contribution < 1.29 is 4.42 Å². The molecule has 0 spiro atoms. The number of nitrogens with two attached hydrogens (primary N) is 1. The number of benzene rings is 2. The number of anilines is 1. The Balaban J connectivity index is 1.45. The van der Waals surface area contributed by atoms with Crippen molar-refractivity contribution in [2.45, 2.75) is 19.5 Å². The van der Waals surface area contributed by atoms with E-state index in [-0.39, 0.29) is 12.1 Å². The Kier molecular flexibility index (Phi) is 5.36. The molecule has 32 heavy (non-hydrogen) atoms. The summed E-state index contributed by atoms with van der Waals surface area (Å²) in [4.78, 5) is 34.9. The van der Waals surface area contributed by atoms with Gasteiger partial charge >= 0.3 is 5.63 Å². The minimum atomic E-state index is -0.471. The Morgan fingerprint density at radius 1 is 1.19 bits per heavy atom. The van der Waals surface area contributed by atoms with Crippen LogP contribution in [0, 0.1) is 0 Å². The maximum atomic E-state index is 12.8. The summed E-state index contributed by atoms with van der Waals surface area (Å²) in [5.74, 6) is 0.519. The molecule has 1 aliphatic heterocycles. The number of H-pyrrole nitrogens is 1. The zero-order chi connectivity index (χ0) is 22.4. The van der Waals surface area contributed by atoms with E-state index in [1.54, 1.807) is 24.3 Å². The van der Waals surface area contributed by atoms with Crippen molar-refractivity contribution in [2.75, 3.05) is 12.3 Å². The first-order valence-electron chi connectivity index (χ1n) is 10.00. The summed E-state index contributed by atoms with van der Waals surface area (Å²) < 4.78 is 6.30. The quantitative estimate of drug-likeness (QED) is 0.316. The van der Waals surface area contributed by atoms with Crippen LogP contribution in [0.4, 0.5) is 5.69 Å². The Bertz CT molecular complexity index is 1460. The van der Waals surface area contributed by atoms with Crippen LogP contribution in [-0.2, 0) is 19.5 Å². The predicted octanol–water partition coefficient (Wildman–Crippen LogP) is 4.10. The van der Waals surface area contributed by atoms with Crippen molar-refractivity contribution in [1.82, 2.24) is 14.9 Å². The molecule has 0 saturated heterocycles. The van der Waals surface area contributed by atoms with Crippen molar-refractivity contribution in [3.8, 4) is 11.4 Å². The highest BCUT2D eigenvalue weighted by Gasteiger charge is 2.24. The van der Waals surface area contributed by atoms with Crippen molar-refractivity contribution in [1.29, 1.82) is 0 Å². The highest BCUT2D eigenvalue weighted by molar-refractivity contribution is 9.10. The molecule has 5 rings (SSSR count). The van der Waals surface area contributed by atoms with Gasteiger partial charge in [0.1, 0.15) is 11.4 Å². The van der Waals surface area contributed by atoms with Crippen molar-refractivity contribution >= 4 is 44.2 Å². The lowest BCUT2D eigenvalue weighted by molar-refractivity contribution is 0.239. The Labute approximate surface area is 196 Å². The van der Waals surface area contributed by atoms with Gasteiger partial charge < -0.3 is 15.1 Å². The summed E-state index contributed by atoms with van der Waals surface area (Å²) in [6.07, 6.45) is 0.587. The molecule has 4 aromatic rings. The molecule has 0 unspecified atom stereocenters. The van der Waals surface area contributed by atoms with E-state index in [9.17, 15) is 9.59 Å². The first kappa shape index (κ1) is 20.9. The van der Waals surface area contributed by atoms with Gasteiger partial charge in [0.25, 0.3) is 5.56 Å². The second-order valence-corrected chi connectivity index (χ2v) is 9.04. The van der Waals surface area contributed by atoms with E-state index in [0.29, 0.717) is 58.1 Å². The van der Waals surface area contributed by atoms with Gasteiger partial charge in [0.2, 0.25) is 0 Å². The summed E-state index contributed by atoms with van der Waals surface area (Å²) in [5.41, 5.74) is 8.71. The van der Waals surface area contributed by atoms with E-state index in [1.165, 1.54) is 0 Å². The average Bonchev–Trinajstić information content (AvgIpc) is 2.78. The standard InChI is InChI=1S/C23H18BrClN4O3/c24-13-3-6-19-15(9-13)20(25)17(23(31)32-19)11-29-8-7-18-16(10-29)22(30)28-21(27-18)12-1-4-14(26)5-2-12/h1-6,9H,7-8,10-11,26H2,(H,27,28,30). The van der Waals surface area contributed by atoms with Gasteiger partial charge in [0, 0.05) is 47.2 Å². The van der Waals surface area contributed by atoms with Crippen LogP contribution in [-0.4, -0.2) is 21.4 Å². The first-order valence-corrected chi connectivity index (χ1v) is 11.2. The lowest BCUT2D eigenvalue weighted by Crippen LogP contribution is -2.36. The molecule has 0 amide bonds. The van der Waals surface area contributed by atoms with Crippen LogP contribution in [0.15, 0.2) is 60.9 Å². The summed E-state index contributed by atoms with van der Waals surface area (Å²) in [7, 11) is 0. The molecule has 9 heteroatoms. The monoisotopic (exact) mass is 512 g/mol. The van der Waals surface area contributed by atoms with Crippen LogP contribution in [0.25, 0.3) is 22.4 Å². The predicted molar refractivity (Wildman–Crippen MR) is 128 cm³/mol. The van der Waals surface area contributed by atoms with Crippen molar-refractivity contribution in [2.24, 2.45) is 0 Å². The minimum absolute atomic E-state index is 0.188. The number of nitrogens with zero attached hydrogens (tertiary/aromatic N) is 2. The summed E-state index contributed by atoms with van der Waals surface area (Å²) >= 11 is 9.99. The van der Waals surface area contributed by atoms with Crippen LogP contribution in [0.1, 0.15) is 16.8 Å². The Morgan fingerprint density at radius 2 is 1.97 bits per heavy atom. The van der Waals surface area contributed by atoms with Gasteiger partial charge in [-0.1, -0.05) is 27.5 Å². The van der Waals surface area contributed by atoms with Crippen LogP contribution in [0.3, 0.4) is 0 Å². The second-order valence-electron chi connectivity index (χ2n) is 7.74. The molecule has 0 bridgehead atoms. The molecule has 3 heterocycles. The average molecular weight is 514 g/mol. The van der Waals surface area contributed by atoms with Gasteiger partial charge in [-0.05, 0) is 42.5 Å². The normalized spacial score (nSPS) is 13.9. The van der Waals surface area contributed by atoms with Crippen LogP contribution >= 0.6 is 27.5 Å². The third-order valence-electron chi connectivity index (χ3n) is 5.61. The SMILES string of the molecule is Nc1ccc(-c2nc3c(c(=O)[nH]2)CN(Cc2c(Cl)c4cc(Br)ccc4oc2=O)CC3)cc1. The van der Waals surface area contributed by atoms with Gasteiger partial charge in [0.05, 0.1) is 21.8 Å². The van der Waals surface area contributed by atoms with Crippen LogP contribution < -0.4 is 16.9 Å². The number of nitrogens with one attached hydrogen (secondary N) is 1. The van der Waals surface area contributed by atoms with E-state index in [0.717, 1.165) is 15.7 Å². The zero-order valence-corrected chi connectivity index (χ0v) is 19.2. The maximum absolute atomic E-state index is 12.8. The van der Waals surface area contributed by atoms with Crippen molar-refractivity contribution in [3.05, 3.63) is 89.6 Å². The van der Waals surface area contributed by atoms with E-state index in [1.807, 2.05) is 23.1 Å². The molecular formula is C23H18BrClN4O3. The number of rotatable bonds is 3. The van der Waals surface area contributed by atoms with Gasteiger partial charge in [-0.15, -0.1) is 0 Å². The molecule has 162 valence electrons. The highest BCUT2D eigenvalue weighted by Crippen LogP contribution is 2.29. The maximum Gasteiger partial charge on any atom is 0.342 e. The van der Waals surface area contributed by atoms with Crippen LogP contribution in [0.5, 0.6) is 0 Å². The number of aromatic nitrogens is 2. The van der Waals surface area contributed by atoms with Gasteiger partial charge in [0.15, 0.2) is 0 Å². The fourth-order valence-electron chi connectivity index (χ4n) is 3.93. The number of halogens is 2. The molecule has 0 radical (unpaired) electrons. The largest absolute Gasteiger partial charge is 0.422 e. The van der Waals surface area contributed by atoms with Crippen LogP contribution in [0.2, 0.25) is 5.02 Å². The highest BCUT2D eigenvalue weighted by atomic mass is 79.9. The van der Waals surface area contributed by atoms with E-state index in [2.05, 4.69) is 25.9 Å². The van der Waals surface area contributed by atoms with E-state index in [4.69, 9.17) is 21.8 Å². The Hall–Kier alpha value is -2.94. The summed E-state index contributed by atoms with van der Waals surface area (Å²) in [6, 6.07) is 12.5.